The third-order valence-electron chi connectivity index (χ3n) is 2.99. The Morgan fingerprint density at radius 2 is 2.10 bits per heavy atom. The summed E-state index contributed by atoms with van der Waals surface area (Å²) in [7, 11) is 0. The van der Waals surface area contributed by atoms with Gasteiger partial charge in [-0.25, -0.2) is 4.79 Å². The zero-order valence-electron chi connectivity index (χ0n) is 11.3. The van der Waals surface area contributed by atoms with Crippen molar-refractivity contribution in [3.8, 4) is 0 Å². The Kier molecular flexibility index (Phi) is 4.29. The molecule has 1 aromatic carbocycles. The fourth-order valence-corrected chi connectivity index (χ4v) is 3.35. The van der Waals surface area contributed by atoms with Crippen molar-refractivity contribution >= 4 is 45.3 Å². The van der Waals surface area contributed by atoms with E-state index < -0.39 is 5.54 Å². The zero-order valence-corrected chi connectivity index (χ0v) is 13.7. The van der Waals surface area contributed by atoms with Gasteiger partial charge in [0, 0.05) is 27.4 Å². The van der Waals surface area contributed by atoms with Gasteiger partial charge in [0.25, 0.3) is 5.91 Å². The molecule has 0 unspecified atom stereocenters. The van der Waals surface area contributed by atoms with Crippen LogP contribution in [0.4, 0.5) is 10.5 Å². The van der Waals surface area contributed by atoms with Crippen molar-refractivity contribution < 1.29 is 9.59 Å². The van der Waals surface area contributed by atoms with Gasteiger partial charge in [-0.05, 0) is 32.0 Å². The van der Waals surface area contributed by atoms with Crippen LogP contribution >= 0.6 is 27.7 Å². The van der Waals surface area contributed by atoms with Crippen LogP contribution in [-0.4, -0.2) is 34.7 Å². The summed E-state index contributed by atoms with van der Waals surface area (Å²) in [6.07, 6.45) is 0. The standard InChI is InChI=1S/C13H16BrN3O2S/c1-13(2)11(18)17(12(19)16-13)5-6-20-10-7-8(14)3-4-9(10)15/h3-4,7H,5-6,15H2,1-2H3,(H,16,19). The lowest BCUT2D eigenvalue weighted by atomic mass is 10.1. The highest BCUT2D eigenvalue weighted by molar-refractivity contribution is 9.10. The second-order valence-corrected chi connectivity index (χ2v) is 7.09. The molecule has 0 aromatic heterocycles. The zero-order chi connectivity index (χ0) is 14.9. The average Bonchev–Trinajstić information content (AvgIpc) is 2.55. The topological polar surface area (TPSA) is 75.4 Å². The van der Waals surface area contributed by atoms with Crippen molar-refractivity contribution in [2.45, 2.75) is 24.3 Å². The number of urea groups is 1. The molecule has 2 rings (SSSR count). The number of halogens is 1. The largest absolute Gasteiger partial charge is 0.398 e. The van der Waals surface area contributed by atoms with Crippen LogP contribution in [0, 0.1) is 0 Å². The van der Waals surface area contributed by atoms with Gasteiger partial charge < -0.3 is 11.1 Å². The number of anilines is 1. The molecule has 0 radical (unpaired) electrons. The van der Waals surface area contributed by atoms with E-state index in [0.717, 1.165) is 9.37 Å². The van der Waals surface area contributed by atoms with Crippen molar-refractivity contribution in [3.05, 3.63) is 22.7 Å². The maximum absolute atomic E-state index is 12.0. The molecule has 20 heavy (non-hydrogen) atoms. The molecule has 0 spiro atoms. The molecule has 0 bridgehead atoms. The van der Waals surface area contributed by atoms with E-state index in [2.05, 4.69) is 21.2 Å². The number of imide groups is 1. The molecular weight excluding hydrogens is 342 g/mol. The fraction of sp³-hybridized carbons (Fsp3) is 0.385. The number of hydrogen-bond acceptors (Lipinski definition) is 4. The van der Waals surface area contributed by atoms with Gasteiger partial charge in [-0.2, -0.15) is 0 Å². The van der Waals surface area contributed by atoms with Gasteiger partial charge in [0.15, 0.2) is 0 Å². The number of benzene rings is 1. The molecule has 0 atom stereocenters. The molecule has 3 amide bonds. The second-order valence-electron chi connectivity index (χ2n) is 5.04. The Morgan fingerprint density at radius 1 is 1.40 bits per heavy atom. The molecule has 7 heteroatoms. The highest BCUT2D eigenvalue weighted by atomic mass is 79.9. The Bertz CT molecular complexity index is 563. The lowest BCUT2D eigenvalue weighted by molar-refractivity contribution is -0.130. The third kappa shape index (κ3) is 3.09. The van der Waals surface area contributed by atoms with Crippen LogP contribution in [0.5, 0.6) is 0 Å². The highest BCUT2D eigenvalue weighted by Gasteiger charge is 2.43. The summed E-state index contributed by atoms with van der Waals surface area (Å²) in [5.41, 5.74) is 5.76. The van der Waals surface area contributed by atoms with Crippen LogP contribution in [0.1, 0.15) is 13.8 Å². The molecule has 1 aliphatic rings. The minimum absolute atomic E-state index is 0.190. The molecule has 108 valence electrons. The summed E-state index contributed by atoms with van der Waals surface area (Å²) in [6.45, 7) is 3.77. The van der Waals surface area contributed by atoms with Gasteiger partial charge in [0.2, 0.25) is 0 Å². The first-order chi connectivity index (χ1) is 9.31. The molecule has 0 saturated carbocycles. The predicted molar refractivity (Wildman–Crippen MR) is 83.6 cm³/mol. The number of hydrogen-bond donors (Lipinski definition) is 2. The first-order valence-corrected chi connectivity index (χ1v) is 7.91. The maximum atomic E-state index is 12.0. The highest BCUT2D eigenvalue weighted by Crippen LogP contribution is 2.28. The molecular formula is C13H16BrN3O2S. The Morgan fingerprint density at radius 3 is 2.70 bits per heavy atom. The smallest absolute Gasteiger partial charge is 0.325 e. The fourth-order valence-electron chi connectivity index (χ4n) is 1.90. The first-order valence-electron chi connectivity index (χ1n) is 6.13. The average molecular weight is 358 g/mol. The number of nitrogens with zero attached hydrogens (tertiary/aromatic N) is 1. The molecule has 0 aliphatic carbocycles. The van der Waals surface area contributed by atoms with Crippen molar-refractivity contribution in [2.75, 3.05) is 18.0 Å². The number of carbonyl (C=O) groups is 2. The van der Waals surface area contributed by atoms with Crippen LogP contribution in [0.2, 0.25) is 0 Å². The third-order valence-corrected chi connectivity index (χ3v) is 4.54. The lowest BCUT2D eigenvalue weighted by Crippen LogP contribution is -2.40. The second kappa shape index (κ2) is 5.65. The minimum Gasteiger partial charge on any atom is -0.398 e. The van der Waals surface area contributed by atoms with Crippen LogP contribution in [-0.2, 0) is 4.79 Å². The van der Waals surface area contributed by atoms with Crippen LogP contribution in [0.3, 0.4) is 0 Å². The Labute approximate surface area is 130 Å². The van der Waals surface area contributed by atoms with Crippen LogP contribution < -0.4 is 11.1 Å². The van der Waals surface area contributed by atoms with Gasteiger partial charge in [-0.3, -0.25) is 9.69 Å². The predicted octanol–water partition coefficient (Wildman–Crippen LogP) is 2.45. The van der Waals surface area contributed by atoms with Gasteiger partial charge in [-0.1, -0.05) is 15.9 Å². The molecule has 1 aromatic rings. The van der Waals surface area contributed by atoms with E-state index in [1.807, 2.05) is 18.2 Å². The van der Waals surface area contributed by atoms with Gasteiger partial charge in [-0.15, -0.1) is 11.8 Å². The summed E-state index contributed by atoms with van der Waals surface area (Å²) < 4.78 is 0.949. The van der Waals surface area contributed by atoms with E-state index in [9.17, 15) is 9.59 Å². The SMILES string of the molecule is CC1(C)NC(=O)N(CCSc2cc(Br)ccc2N)C1=O. The number of carbonyl (C=O) groups excluding carboxylic acids is 2. The molecule has 1 saturated heterocycles. The summed E-state index contributed by atoms with van der Waals surface area (Å²) in [5, 5.41) is 2.66. The molecule has 5 nitrogen and oxygen atoms in total. The normalized spacial score (nSPS) is 17.4. The quantitative estimate of drug-likeness (QED) is 0.493. The minimum atomic E-state index is -0.809. The van der Waals surface area contributed by atoms with E-state index >= 15 is 0 Å². The van der Waals surface area contributed by atoms with Crippen LogP contribution in [0.15, 0.2) is 27.6 Å². The van der Waals surface area contributed by atoms with Crippen molar-refractivity contribution in [3.63, 3.8) is 0 Å². The Hall–Kier alpha value is -1.21. The summed E-state index contributed by atoms with van der Waals surface area (Å²) in [6, 6.07) is 5.29. The molecule has 1 fully saturated rings. The molecule has 1 heterocycles. The molecule has 1 aliphatic heterocycles. The Balaban J connectivity index is 1.95. The number of nitrogen functional groups attached to an aromatic ring is 1. The summed E-state index contributed by atoms with van der Waals surface area (Å²) in [5.74, 6) is 0.418. The van der Waals surface area contributed by atoms with E-state index in [1.54, 1.807) is 13.8 Å². The van der Waals surface area contributed by atoms with Gasteiger partial charge >= 0.3 is 6.03 Å². The number of thioether (sulfide) groups is 1. The number of rotatable bonds is 4. The summed E-state index contributed by atoms with van der Waals surface area (Å²) in [4.78, 5) is 25.9. The number of nitrogens with one attached hydrogen (secondary N) is 1. The van der Waals surface area contributed by atoms with Crippen LogP contribution in [0.25, 0.3) is 0 Å². The maximum Gasteiger partial charge on any atom is 0.325 e. The molecule has 3 N–H and O–H groups in total. The van der Waals surface area contributed by atoms with Crippen molar-refractivity contribution in [1.29, 1.82) is 0 Å². The van der Waals surface area contributed by atoms with E-state index in [-0.39, 0.29) is 11.9 Å². The summed E-state index contributed by atoms with van der Waals surface area (Å²) >= 11 is 4.91. The van der Waals surface area contributed by atoms with Crippen molar-refractivity contribution in [2.24, 2.45) is 0 Å². The lowest BCUT2D eigenvalue weighted by Gasteiger charge is -2.16. The number of nitrogens with two attached hydrogens (primary N) is 1. The van der Waals surface area contributed by atoms with E-state index in [4.69, 9.17) is 5.73 Å². The number of amides is 3. The van der Waals surface area contributed by atoms with E-state index in [1.165, 1.54) is 16.7 Å². The van der Waals surface area contributed by atoms with E-state index in [0.29, 0.717) is 18.0 Å². The van der Waals surface area contributed by atoms with Gasteiger partial charge in [0.05, 0.1) is 0 Å². The monoisotopic (exact) mass is 357 g/mol. The first kappa shape index (κ1) is 15.2. The van der Waals surface area contributed by atoms with Crippen molar-refractivity contribution in [1.82, 2.24) is 10.2 Å². The van der Waals surface area contributed by atoms with Gasteiger partial charge in [0.1, 0.15) is 5.54 Å².